The van der Waals surface area contributed by atoms with E-state index in [-0.39, 0.29) is 28.8 Å². The molecule has 0 aromatic heterocycles. The fraction of sp³-hybridized carbons (Fsp3) is 0.500. The zero-order valence-corrected chi connectivity index (χ0v) is 9.71. The van der Waals surface area contributed by atoms with Gasteiger partial charge >= 0.3 is 0 Å². The molecule has 86 valence electrons. The molecule has 0 aromatic rings. The number of nitrogens with two attached hydrogens (primary N) is 1. The topological polar surface area (TPSA) is 75.4 Å². The van der Waals surface area contributed by atoms with Gasteiger partial charge in [-0.25, -0.2) is 0 Å². The summed E-state index contributed by atoms with van der Waals surface area (Å²) < 4.78 is 0. The third kappa shape index (κ3) is 1.69. The van der Waals surface area contributed by atoms with Crippen LogP contribution >= 0.6 is 12.2 Å². The third-order valence-corrected chi connectivity index (χ3v) is 3.14. The normalized spacial score (nSPS) is 28.8. The van der Waals surface area contributed by atoms with E-state index < -0.39 is 0 Å². The predicted octanol–water partition coefficient (Wildman–Crippen LogP) is 0.0759. The number of amides is 2. The summed E-state index contributed by atoms with van der Waals surface area (Å²) in [5.74, 6) is -0.959. The van der Waals surface area contributed by atoms with Crippen molar-refractivity contribution in [3.8, 4) is 0 Å². The molecular formula is C10H13N3O2S. The van der Waals surface area contributed by atoms with Gasteiger partial charge in [-0.1, -0.05) is 11.6 Å². The Balaban J connectivity index is 2.21. The number of fused-ring (bicyclic) bond motifs is 1. The first-order valence-corrected chi connectivity index (χ1v) is 5.51. The largest absolute Gasteiger partial charge is 0.375 e. The first kappa shape index (κ1) is 11.1. The number of hydrazine groups is 1. The van der Waals surface area contributed by atoms with Crippen LogP contribution in [0.15, 0.2) is 11.6 Å². The predicted molar refractivity (Wildman–Crippen MR) is 61.7 cm³/mol. The molecule has 0 saturated carbocycles. The molecule has 0 radical (unpaired) electrons. The van der Waals surface area contributed by atoms with E-state index >= 15 is 0 Å². The molecule has 1 heterocycles. The number of nitrogens with zero attached hydrogens (tertiary/aromatic N) is 1. The number of allylic oxidation sites excluding steroid dienone is 2. The molecule has 2 atom stereocenters. The van der Waals surface area contributed by atoms with Crippen LogP contribution in [0.3, 0.4) is 0 Å². The fourth-order valence-electron chi connectivity index (χ4n) is 2.26. The average Bonchev–Trinajstić information content (AvgIpc) is 2.43. The lowest BCUT2D eigenvalue weighted by molar-refractivity contribution is -0.142. The van der Waals surface area contributed by atoms with E-state index in [9.17, 15) is 9.59 Å². The minimum absolute atomic E-state index is 0.0648. The van der Waals surface area contributed by atoms with Gasteiger partial charge in [-0.2, -0.15) is 5.01 Å². The van der Waals surface area contributed by atoms with Crippen molar-refractivity contribution in [1.29, 1.82) is 0 Å². The van der Waals surface area contributed by atoms with E-state index in [0.29, 0.717) is 12.8 Å². The van der Waals surface area contributed by atoms with Crippen molar-refractivity contribution >= 4 is 29.1 Å². The molecule has 2 rings (SSSR count). The smallest absolute Gasteiger partial charge is 0.252 e. The van der Waals surface area contributed by atoms with Crippen LogP contribution in [-0.2, 0) is 9.59 Å². The zero-order chi connectivity index (χ0) is 11.9. The van der Waals surface area contributed by atoms with Crippen LogP contribution < -0.4 is 11.2 Å². The molecule has 5 nitrogen and oxygen atoms in total. The number of rotatable bonds is 1. The number of nitrogens with one attached hydrogen (secondary N) is 1. The van der Waals surface area contributed by atoms with Crippen molar-refractivity contribution in [1.82, 2.24) is 10.4 Å². The fourth-order valence-corrected chi connectivity index (χ4v) is 2.35. The highest BCUT2D eigenvalue weighted by Gasteiger charge is 2.48. The summed E-state index contributed by atoms with van der Waals surface area (Å²) in [6.45, 7) is 1.97. The second-order valence-electron chi connectivity index (χ2n) is 4.19. The Morgan fingerprint density at radius 3 is 2.75 bits per heavy atom. The molecule has 1 saturated heterocycles. The van der Waals surface area contributed by atoms with Gasteiger partial charge in [0.05, 0.1) is 11.8 Å². The first-order valence-electron chi connectivity index (χ1n) is 5.10. The maximum absolute atomic E-state index is 11.9. The molecule has 0 bridgehead atoms. The van der Waals surface area contributed by atoms with Crippen LogP contribution in [0.4, 0.5) is 0 Å². The van der Waals surface area contributed by atoms with Crippen molar-refractivity contribution in [3.63, 3.8) is 0 Å². The number of thiocarbonyl (C=S) groups is 1. The van der Waals surface area contributed by atoms with Crippen LogP contribution in [0.5, 0.6) is 0 Å². The van der Waals surface area contributed by atoms with Crippen molar-refractivity contribution in [2.45, 2.75) is 19.8 Å². The Hall–Kier alpha value is -1.43. The molecule has 0 spiro atoms. The van der Waals surface area contributed by atoms with Crippen molar-refractivity contribution in [2.24, 2.45) is 17.6 Å². The average molecular weight is 239 g/mol. The van der Waals surface area contributed by atoms with Crippen LogP contribution in [0, 0.1) is 11.8 Å². The Kier molecular flexibility index (Phi) is 2.67. The highest BCUT2D eigenvalue weighted by atomic mass is 32.1. The highest BCUT2D eigenvalue weighted by molar-refractivity contribution is 7.80. The van der Waals surface area contributed by atoms with Gasteiger partial charge in [0.25, 0.3) is 11.8 Å². The van der Waals surface area contributed by atoms with Gasteiger partial charge in [0.2, 0.25) is 0 Å². The molecule has 2 aliphatic rings. The van der Waals surface area contributed by atoms with E-state index in [1.54, 1.807) is 0 Å². The second-order valence-corrected chi connectivity index (χ2v) is 4.63. The van der Waals surface area contributed by atoms with Gasteiger partial charge in [-0.15, -0.1) is 0 Å². The Labute approximate surface area is 98.6 Å². The monoisotopic (exact) mass is 239 g/mol. The van der Waals surface area contributed by atoms with E-state index in [2.05, 4.69) is 17.6 Å². The lowest BCUT2D eigenvalue weighted by Gasteiger charge is -2.18. The maximum Gasteiger partial charge on any atom is 0.252 e. The third-order valence-electron chi connectivity index (χ3n) is 3.05. The molecule has 3 N–H and O–H groups in total. The molecule has 2 amide bonds. The lowest BCUT2D eigenvalue weighted by Crippen LogP contribution is -2.48. The van der Waals surface area contributed by atoms with E-state index in [0.717, 1.165) is 10.6 Å². The Morgan fingerprint density at radius 1 is 1.50 bits per heavy atom. The van der Waals surface area contributed by atoms with Gasteiger partial charge in [0.1, 0.15) is 0 Å². The van der Waals surface area contributed by atoms with Crippen LogP contribution in [0.25, 0.3) is 0 Å². The summed E-state index contributed by atoms with van der Waals surface area (Å²) in [6, 6.07) is 0. The van der Waals surface area contributed by atoms with Crippen molar-refractivity contribution in [3.05, 3.63) is 11.6 Å². The van der Waals surface area contributed by atoms with E-state index in [1.165, 1.54) is 0 Å². The molecule has 1 fully saturated rings. The molecule has 0 unspecified atom stereocenters. The highest BCUT2D eigenvalue weighted by Crippen LogP contribution is 2.36. The van der Waals surface area contributed by atoms with Gasteiger partial charge in [0.15, 0.2) is 5.11 Å². The molecule has 1 aliphatic heterocycles. The van der Waals surface area contributed by atoms with Gasteiger partial charge in [-0.3, -0.25) is 15.0 Å². The van der Waals surface area contributed by atoms with Crippen LogP contribution in [0.2, 0.25) is 0 Å². The molecule has 6 heteroatoms. The Bertz CT molecular complexity index is 405. The van der Waals surface area contributed by atoms with E-state index in [4.69, 9.17) is 5.73 Å². The molecule has 1 aliphatic carbocycles. The summed E-state index contributed by atoms with van der Waals surface area (Å²) in [7, 11) is 0. The zero-order valence-electron chi connectivity index (χ0n) is 8.90. The van der Waals surface area contributed by atoms with Gasteiger partial charge in [-0.05, 0) is 32.0 Å². The maximum atomic E-state index is 11.9. The summed E-state index contributed by atoms with van der Waals surface area (Å²) in [6.07, 6.45) is 3.28. The van der Waals surface area contributed by atoms with Crippen LogP contribution in [0.1, 0.15) is 19.8 Å². The number of carbonyl (C=O) groups excluding carboxylic acids is 2. The lowest BCUT2D eigenvalue weighted by atomic mass is 9.82. The molecular weight excluding hydrogens is 226 g/mol. The minimum atomic E-state index is -0.252. The molecule has 16 heavy (non-hydrogen) atoms. The van der Waals surface area contributed by atoms with Gasteiger partial charge in [0, 0.05) is 0 Å². The first-order chi connectivity index (χ1) is 7.50. The van der Waals surface area contributed by atoms with Gasteiger partial charge < -0.3 is 5.73 Å². The quantitative estimate of drug-likeness (QED) is 0.385. The Morgan fingerprint density at radius 2 is 2.12 bits per heavy atom. The molecule has 0 aromatic carbocycles. The summed E-state index contributed by atoms with van der Waals surface area (Å²) in [5, 5.41) is 0.898. The number of carbonyl (C=O) groups is 2. The standard InChI is InChI=1S/C10H13N3O2S/c1-5-2-3-6-7(4-5)9(15)13(8(6)14)12-10(11)16/h2,6-7H,3-4H2,1H3,(H3,11,12,16)/t6-,7-/m0/s1. The van der Waals surface area contributed by atoms with Crippen LogP contribution in [-0.4, -0.2) is 21.9 Å². The minimum Gasteiger partial charge on any atom is -0.375 e. The summed E-state index contributed by atoms with van der Waals surface area (Å²) in [4.78, 5) is 23.8. The van der Waals surface area contributed by atoms with E-state index in [1.807, 2.05) is 13.0 Å². The SMILES string of the molecule is CC1=CC[C@@H]2C(=O)N(NC(N)=S)C(=O)[C@H]2C1. The van der Waals surface area contributed by atoms with Crippen molar-refractivity contribution in [2.75, 3.05) is 0 Å². The van der Waals surface area contributed by atoms with Crippen molar-refractivity contribution < 1.29 is 9.59 Å². The summed E-state index contributed by atoms with van der Waals surface area (Å²) >= 11 is 4.63. The number of hydrogen-bond acceptors (Lipinski definition) is 3. The second kappa shape index (κ2) is 3.86. The summed E-state index contributed by atoms with van der Waals surface area (Å²) in [5.41, 5.74) is 8.86. The number of imide groups is 1. The number of hydrogen-bond donors (Lipinski definition) is 2.